The molecule has 1 N–H and O–H groups in total. The third-order valence-electron chi connectivity index (χ3n) is 4.51. The van der Waals surface area contributed by atoms with Crippen LogP contribution in [0.15, 0.2) is 16.3 Å². The monoisotopic (exact) mass is 328 g/mol. The van der Waals surface area contributed by atoms with Crippen LogP contribution in [0.1, 0.15) is 43.9 Å². The smallest absolute Gasteiger partial charge is 0.244 e. The van der Waals surface area contributed by atoms with E-state index in [0.717, 1.165) is 24.1 Å². The Labute approximate surface area is 131 Å². The number of hydrogen-bond donors (Lipinski definition) is 1. The normalized spacial score (nSPS) is 24.3. The fourth-order valence-corrected chi connectivity index (χ4v) is 5.85. The molecule has 1 aromatic heterocycles. The lowest BCUT2D eigenvalue weighted by Gasteiger charge is -2.31. The SMILES string of the molecule is CCC1CCCN(S(=O)(=O)c2ccsc2CNC2CC2)C1. The summed E-state index contributed by atoms with van der Waals surface area (Å²) in [4.78, 5) is 1.48. The van der Waals surface area contributed by atoms with E-state index in [4.69, 9.17) is 0 Å². The van der Waals surface area contributed by atoms with Crippen molar-refractivity contribution in [1.82, 2.24) is 9.62 Å². The zero-order valence-electron chi connectivity index (χ0n) is 12.5. The second-order valence-electron chi connectivity index (χ2n) is 6.14. The Kier molecular flexibility index (Phi) is 4.69. The molecular formula is C15H24N2O2S2. The second kappa shape index (κ2) is 6.36. The van der Waals surface area contributed by atoms with Gasteiger partial charge in [-0.1, -0.05) is 13.3 Å². The highest BCUT2D eigenvalue weighted by Crippen LogP contribution is 2.30. The van der Waals surface area contributed by atoms with Crippen molar-refractivity contribution in [1.29, 1.82) is 0 Å². The summed E-state index contributed by atoms with van der Waals surface area (Å²) in [6, 6.07) is 2.38. The Morgan fingerprint density at radius 1 is 1.38 bits per heavy atom. The van der Waals surface area contributed by atoms with Crippen molar-refractivity contribution in [3.8, 4) is 0 Å². The molecule has 118 valence electrons. The molecule has 2 heterocycles. The van der Waals surface area contributed by atoms with Gasteiger partial charge in [-0.2, -0.15) is 4.31 Å². The van der Waals surface area contributed by atoms with E-state index in [9.17, 15) is 8.42 Å². The molecule has 1 saturated carbocycles. The number of thiophene rings is 1. The van der Waals surface area contributed by atoms with Crippen molar-refractivity contribution in [2.24, 2.45) is 5.92 Å². The van der Waals surface area contributed by atoms with E-state index >= 15 is 0 Å². The van der Waals surface area contributed by atoms with Gasteiger partial charge in [-0.05, 0) is 43.0 Å². The molecular weight excluding hydrogens is 304 g/mol. The van der Waals surface area contributed by atoms with E-state index < -0.39 is 10.0 Å². The van der Waals surface area contributed by atoms with Crippen LogP contribution in [0.25, 0.3) is 0 Å². The molecule has 3 rings (SSSR count). The molecule has 1 unspecified atom stereocenters. The zero-order valence-corrected chi connectivity index (χ0v) is 14.2. The van der Waals surface area contributed by atoms with Crippen molar-refractivity contribution in [2.45, 2.75) is 56.5 Å². The van der Waals surface area contributed by atoms with E-state index in [2.05, 4.69) is 12.2 Å². The van der Waals surface area contributed by atoms with Crippen LogP contribution >= 0.6 is 11.3 Å². The molecule has 0 amide bonds. The number of rotatable bonds is 6. The highest BCUT2D eigenvalue weighted by Gasteiger charge is 2.32. The maximum atomic E-state index is 12.9. The summed E-state index contributed by atoms with van der Waals surface area (Å²) in [7, 11) is -3.32. The van der Waals surface area contributed by atoms with Crippen LogP contribution < -0.4 is 5.32 Å². The maximum Gasteiger partial charge on any atom is 0.244 e. The average Bonchev–Trinajstić information content (AvgIpc) is 3.20. The molecule has 0 bridgehead atoms. The van der Waals surface area contributed by atoms with E-state index in [0.29, 0.717) is 36.5 Å². The topological polar surface area (TPSA) is 49.4 Å². The van der Waals surface area contributed by atoms with Gasteiger partial charge in [0.05, 0.1) is 4.90 Å². The van der Waals surface area contributed by atoms with Gasteiger partial charge in [0.2, 0.25) is 10.0 Å². The Morgan fingerprint density at radius 2 is 2.19 bits per heavy atom. The van der Waals surface area contributed by atoms with Crippen LogP contribution in [0.3, 0.4) is 0 Å². The molecule has 1 aliphatic heterocycles. The molecule has 2 aliphatic rings. The number of hydrogen-bond acceptors (Lipinski definition) is 4. The van der Waals surface area contributed by atoms with Crippen molar-refractivity contribution in [3.63, 3.8) is 0 Å². The quantitative estimate of drug-likeness (QED) is 0.873. The molecule has 1 saturated heterocycles. The summed E-state index contributed by atoms with van der Waals surface area (Å²) in [6.07, 6.45) is 5.64. The van der Waals surface area contributed by atoms with E-state index in [1.165, 1.54) is 12.8 Å². The number of nitrogens with zero attached hydrogens (tertiary/aromatic N) is 1. The van der Waals surface area contributed by atoms with Gasteiger partial charge < -0.3 is 5.32 Å². The van der Waals surface area contributed by atoms with E-state index in [-0.39, 0.29) is 0 Å². The fourth-order valence-electron chi connectivity index (χ4n) is 2.93. The summed E-state index contributed by atoms with van der Waals surface area (Å²) in [5.74, 6) is 0.514. The van der Waals surface area contributed by atoms with Gasteiger partial charge in [-0.15, -0.1) is 11.3 Å². The Balaban J connectivity index is 1.75. The van der Waals surface area contributed by atoms with Gasteiger partial charge in [0.15, 0.2) is 0 Å². The number of piperidine rings is 1. The summed E-state index contributed by atoms with van der Waals surface area (Å²) in [5.41, 5.74) is 0. The van der Waals surface area contributed by atoms with E-state index in [1.807, 2.05) is 5.38 Å². The van der Waals surface area contributed by atoms with Gasteiger partial charge in [0.25, 0.3) is 0 Å². The summed E-state index contributed by atoms with van der Waals surface area (Å²) in [5, 5.41) is 5.32. The average molecular weight is 329 g/mol. The van der Waals surface area contributed by atoms with Gasteiger partial charge in [-0.25, -0.2) is 8.42 Å². The molecule has 1 aromatic rings. The van der Waals surface area contributed by atoms with Crippen molar-refractivity contribution in [3.05, 3.63) is 16.3 Å². The lowest BCUT2D eigenvalue weighted by Crippen LogP contribution is -2.40. The lowest BCUT2D eigenvalue weighted by molar-refractivity contribution is 0.261. The third kappa shape index (κ3) is 3.50. The summed E-state index contributed by atoms with van der Waals surface area (Å²) < 4.78 is 27.5. The first-order valence-electron chi connectivity index (χ1n) is 7.91. The van der Waals surface area contributed by atoms with Crippen molar-refractivity contribution in [2.75, 3.05) is 13.1 Å². The molecule has 0 radical (unpaired) electrons. The highest BCUT2D eigenvalue weighted by atomic mass is 32.2. The summed E-state index contributed by atoms with van der Waals surface area (Å²) in [6.45, 7) is 4.19. The largest absolute Gasteiger partial charge is 0.309 e. The molecule has 1 atom stereocenters. The summed E-state index contributed by atoms with van der Waals surface area (Å²) >= 11 is 1.55. The van der Waals surface area contributed by atoms with Crippen LogP contribution in [-0.2, 0) is 16.6 Å². The molecule has 1 aliphatic carbocycles. The minimum atomic E-state index is -3.32. The Hall–Kier alpha value is -0.430. The number of nitrogens with one attached hydrogen (secondary N) is 1. The van der Waals surface area contributed by atoms with Crippen LogP contribution in [0, 0.1) is 5.92 Å². The molecule has 0 aromatic carbocycles. The first-order chi connectivity index (χ1) is 10.1. The molecule has 21 heavy (non-hydrogen) atoms. The Morgan fingerprint density at radius 3 is 2.90 bits per heavy atom. The lowest BCUT2D eigenvalue weighted by atomic mass is 9.97. The first-order valence-corrected chi connectivity index (χ1v) is 10.2. The number of sulfonamides is 1. The minimum Gasteiger partial charge on any atom is -0.309 e. The second-order valence-corrected chi connectivity index (χ2v) is 9.05. The van der Waals surface area contributed by atoms with Gasteiger partial charge in [0, 0.05) is 30.6 Å². The maximum absolute atomic E-state index is 12.9. The molecule has 0 spiro atoms. The van der Waals surface area contributed by atoms with Crippen LogP contribution in [0.5, 0.6) is 0 Å². The van der Waals surface area contributed by atoms with Crippen LogP contribution in [-0.4, -0.2) is 31.9 Å². The zero-order chi connectivity index (χ0) is 14.9. The van der Waals surface area contributed by atoms with Crippen molar-refractivity contribution < 1.29 is 8.42 Å². The fraction of sp³-hybridized carbons (Fsp3) is 0.733. The van der Waals surface area contributed by atoms with Gasteiger partial charge >= 0.3 is 0 Å². The highest BCUT2D eigenvalue weighted by molar-refractivity contribution is 7.89. The van der Waals surface area contributed by atoms with E-state index in [1.54, 1.807) is 21.7 Å². The molecule has 4 nitrogen and oxygen atoms in total. The molecule has 6 heteroatoms. The predicted molar refractivity (Wildman–Crippen MR) is 86.0 cm³/mol. The van der Waals surface area contributed by atoms with Crippen LogP contribution in [0.2, 0.25) is 0 Å². The third-order valence-corrected chi connectivity index (χ3v) is 7.51. The Bertz CT molecular complexity index is 578. The predicted octanol–water partition coefficient (Wildman–Crippen LogP) is 2.81. The minimum absolute atomic E-state index is 0.514. The van der Waals surface area contributed by atoms with Crippen LogP contribution in [0.4, 0.5) is 0 Å². The standard InChI is InChI=1S/C15H24N2O2S2/c1-2-12-4-3-8-17(11-12)21(18,19)15-7-9-20-14(15)10-16-13-5-6-13/h7,9,12-13,16H,2-6,8,10-11H2,1H3. The van der Waals surface area contributed by atoms with Gasteiger partial charge in [0.1, 0.15) is 0 Å². The van der Waals surface area contributed by atoms with Crippen molar-refractivity contribution >= 4 is 21.4 Å². The first kappa shape index (κ1) is 15.5. The van der Waals surface area contributed by atoms with Gasteiger partial charge in [-0.3, -0.25) is 0 Å². The molecule has 2 fully saturated rings.